The minimum Gasteiger partial charge on any atom is -0.483 e. The standard InChI is InChI=1S/C20H29ClN2O3/c1-4-20(2,3)13-5-8-15(9-6-13)23-18(24)12-26-17-10-7-14(21)11-16(17)19(22)25/h7,10-11,13,15H,4-6,8-9,12H2,1-3H3,(H2,22,25)(H,23,24). The number of hydrogen-bond donors (Lipinski definition) is 2. The average molecular weight is 381 g/mol. The Bertz CT molecular complexity index is 652. The van der Waals surface area contributed by atoms with Gasteiger partial charge in [-0.2, -0.15) is 0 Å². The molecule has 0 bridgehead atoms. The second kappa shape index (κ2) is 8.76. The van der Waals surface area contributed by atoms with Crippen LogP contribution in [0.25, 0.3) is 0 Å². The second-order valence-corrected chi connectivity index (χ2v) is 8.19. The molecule has 0 spiro atoms. The largest absolute Gasteiger partial charge is 0.483 e. The molecule has 144 valence electrons. The van der Waals surface area contributed by atoms with Crippen LogP contribution in [0.1, 0.15) is 63.2 Å². The highest BCUT2D eigenvalue weighted by Gasteiger charge is 2.32. The average Bonchev–Trinajstić information content (AvgIpc) is 2.61. The summed E-state index contributed by atoms with van der Waals surface area (Å²) in [5.74, 6) is 0.155. The molecular weight excluding hydrogens is 352 g/mol. The number of hydrogen-bond acceptors (Lipinski definition) is 3. The van der Waals surface area contributed by atoms with E-state index in [1.54, 1.807) is 12.1 Å². The van der Waals surface area contributed by atoms with E-state index in [1.165, 1.54) is 12.5 Å². The van der Waals surface area contributed by atoms with Gasteiger partial charge in [-0.1, -0.05) is 38.8 Å². The van der Waals surface area contributed by atoms with Crippen molar-refractivity contribution in [3.63, 3.8) is 0 Å². The number of carbonyl (C=O) groups excluding carboxylic acids is 2. The normalized spacial score (nSPS) is 20.5. The highest BCUT2D eigenvalue weighted by molar-refractivity contribution is 6.31. The summed E-state index contributed by atoms with van der Waals surface area (Å²) in [6, 6.07) is 4.77. The predicted molar refractivity (Wildman–Crippen MR) is 103 cm³/mol. The Morgan fingerprint density at radius 2 is 1.92 bits per heavy atom. The Morgan fingerprint density at radius 3 is 2.50 bits per heavy atom. The van der Waals surface area contributed by atoms with Crippen LogP contribution in [-0.2, 0) is 4.79 Å². The van der Waals surface area contributed by atoms with E-state index in [0.29, 0.717) is 16.4 Å². The van der Waals surface area contributed by atoms with Crippen LogP contribution >= 0.6 is 11.6 Å². The molecule has 1 aromatic rings. The molecule has 1 fully saturated rings. The Labute approximate surface area is 160 Å². The van der Waals surface area contributed by atoms with Crippen LogP contribution in [0.5, 0.6) is 5.75 Å². The lowest BCUT2D eigenvalue weighted by Gasteiger charge is -2.39. The summed E-state index contributed by atoms with van der Waals surface area (Å²) in [4.78, 5) is 23.6. The maximum Gasteiger partial charge on any atom is 0.258 e. The zero-order chi connectivity index (χ0) is 19.3. The third kappa shape index (κ3) is 5.37. The van der Waals surface area contributed by atoms with E-state index in [9.17, 15) is 9.59 Å². The summed E-state index contributed by atoms with van der Waals surface area (Å²) in [7, 11) is 0. The Hall–Kier alpha value is -1.75. The summed E-state index contributed by atoms with van der Waals surface area (Å²) in [6.45, 7) is 6.74. The molecule has 2 amide bonds. The van der Waals surface area contributed by atoms with Crippen molar-refractivity contribution >= 4 is 23.4 Å². The molecule has 0 aromatic heterocycles. The number of amides is 2. The fourth-order valence-corrected chi connectivity index (χ4v) is 3.71. The van der Waals surface area contributed by atoms with E-state index in [0.717, 1.165) is 25.7 Å². The van der Waals surface area contributed by atoms with Gasteiger partial charge in [0.2, 0.25) is 0 Å². The van der Waals surface area contributed by atoms with Gasteiger partial charge >= 0.3 is 0 Å². The molecule has 2 rings (SSSR count). The molecule has 1 aromatic carbocycles. The highest BCUT2D eigenvalue weighted by atomic mass is 35.5. The van der Waals surface area contributed by atoms with Crippen LogP contribution in [0, 0.1) is 11.3 Å². The van der Waals surface area contributed by atoms with Gasteiger partial charge in [0.05, 0.1) is 5.56 Å². The first kappa shape index (κ1) is 20.6. The quantitative estimate of drug-likeness (QED) is 0.751. The van der Waals surface area contributed by atoms with E-state index in [2.05, 4.69) is 26.1 Å². The Balaban J connectivity index is 1.83. The van der Waals surface area contributed by atoms with Gasteiger partial charge in [0, 0.05) is 11.1 Å². The van der Waals surface area contributed by atoms with E-state index >= 15 is 0 Å². The van der Waals surface area contributed by atoms with Gasteiger partial charge in [0.15, 0.2) is 6.61 Å². The fourth-order valence-electron chi connectivity index (χ4n) is 3.54. The minimum absolute atomic E-state index is 0.151. The molecule has 1 saturated carbocycles. The monoisotopic (exact) mass is 380 g/mol. The predicted octanol–water partition coefficient (Wildman–Crippen LogP) is 3.93. The summed E-state index contributed by atoms with van der Waals surface area (Å²) in [5.41, 5.74) is 5.85. The molecule has 1 aliphatic rings. The number of nitrogens with two attached hydrogens (primary N) is 1. The number of rotatable bonds is 7. The smallest absolute Gasteiger partial charge is 0.258 e. The van der Waals surface area contributed by atoms with Gasteiger partial charge in [-0.05, 0) is 55.2 Å². The molecule has 1 aliphatic carbocycles. The van der Waals surface area contributed by atoms with Gasteiger partial charge in [0.1, 0.15) is 5.75 Å². The summed E-state index contributed by atoms with van der Waals surface area (Å²) in [5, 5.41) is 3.42. The maximum absolute atomic E-state index is 12.2. The Kier molecular flexibility index (Phi) is 6.93. The third-order valence-corrected chi connectivity index (χ3v) is 5.91. The zero-order valence-electron chi connectivity index (χ0n) is 15.8. The first-order valence-corrected chi connectivity index (χ1v) is 9.62. The molecule has 5 nitrogen and oxygen atoms in total. The SMILES string of the molecule is CCC(C)(C)C1CCC(NC(=O)COc2ccc(Cl)cc2C(N)=O)CC1. The lowest BCUT2D eigenvalue weighted by atomic mass is 9.69. The molecule has 0 saturated heterocycles. The maximum atomic E-state index is 12.2. The van der Waals surface area contributed by atoms with Crippen LogP contribution in [0.2, 0.25) is 5.02 Å². The summed E-state index contributed by atoms with van der Waals surface area (Å²) in [6.07, 6.45) is 5.43. The molecule has 0 aliphatic heterocycles. The van der Waals surface area contributed by atoms with E-state index in [4.69, 9.17) is 22.1 Å². The van der Waals surface area contributed by atoms with E-state index < -0.39 is 5.91 Å². The minimum atomic E-state index is -0.639. The number of carbonyl (C=O) groups is 2. The lowest BCUT2D eigenvalue weighted by Crippen LogP contribution is -2.41. The highest BCUT2D eigenvalue weighted by Crippen LogP contribution is 2.40. The van der Waals surface area contributed by atoms with Gasteiger partial charge in [0.25, 0.3) is 11.8 Å². The first-order chi connectivity index (χ1) is 12.2. The van der Waals surface area contributed by atoms with Crippen LogP contribution in [0.15, 0.2) is 18.2 Å². The van der Waals surface area contributed by atoms with Crippen LogP contribution < -0.4 is 15.8 Å². The van der Waals surface area contributed by atoms with Crippen molar-refractivity contribution in [3.8, 4) is 5.75 Å². The molecule has 26 heavy (non-hydrogen) atoms. The van der Waals surface area contributed by atoms with Crippen molar-refractivity contribution in [2.45, 2.75) is 58.9 Å². The second-order valence-electron chi connectivity index (χ2n) is 7.75. The molecular formula is C20H29ClN2O3. The van der Waals surface area contributed by atoms with Gasteiger partial charge in [-0.15, -0.1) is 0 Å². The number of nitrogens with one attached hydrogen (secondary N) is 1. The van der Waals surface area contributed by atoms with Crippen molar-refractivity contribution in [2.75, 3.05) is 6.61 Å². The summed E-state index contributed by atoms with van der Waals surface area (Å²) >= 11 is 5.86. The van der Waals surface area contributed by atoms with Gasteiger partial charge < -0.3 is 15.8 Å². The van der Waals surface area contributed by atoms with Crippen molar-refractivity contribution in [1.82, 2.24) is 5.32 Å². The van der Waals surface area contributed by atoms with Crippen molar-refractivity contribution < 1.29 is 14.3 Å². The number of halogens is 1. The van der Waals surface area contributed by atoms with Crippen molar-refractivity contribution in [3.05, 3.63) is 28.8 Å². The van der Waals surface area contributed by atoms with Crippen LogP contribution in [-0.4, -0.2) is 24.5 Å². The molecule has 0 radical (unpaired) electrons. The van der Waals surface area contributed by atoms with Crippen molar-refractivity contribution in [1.29, 1.82) is 0 Å². The van der Waals surface area contributed by atoms with Crippen molar-refractivity contribution in [2.24, 2.45) is 17.1 Å². The van der Waals surface area contributed by atoms with Gasteiger partial charge in [-0.3, -0.25) is 9.59 Å². The first-order valence-electron chi connectivity index (χ1n) is 9.24. The fraction of sp³-hybridized carbons (Fsp3) is 0.600. The van der Waals surface area contributed by atoms with Crippen LogP contribution in [0.4, 0.5) is 0 Å². The van der Waals surface area contributed by atoms with Gasteiger partial charge in [-0.25, -0.2) is 0 Å². The number of primary amides is 1. The molecule has 3 N–H and O–H groups in total. The van der Waals surface area contributed by atoms with Crippen LogP contribution in [0.3, 0.4) is 0 Å². The molecule has 0 unspecified atom stereocenters. The topological polar surface area (TPSA) is 81.4 Å². The number of ether oxygens (including phenoxy) is 1. The third-order valence-electron chi connectivity index (χ3n) is 5.67. The van der Waals surface area contributed by atoms with E-state index in [-0.39, 0.29) is 29.9 Å². The number of benzene rings is 1. The molecule has 6 heteroatoms. The summed E-state index contributed by atoms with van der Waals surface area (Å²) < 4.78 is 5.48. The van der Waals surface area contributed by atoms with E-state index in [1.807, 2.05) is 0 Å². The lowest BCUT2D eigenvalue weighted by molar-refractivity contribution is -0.124. The molecule has 0 heterocycles. The Morgan fingerprint density at radius 1 is 1.27 bits per heavy atom. The molecule has 0 atom stereocenters. The zero-order valence-corrected chi connectivity index (χ0v) is 16.6.